The molecule has 3 heterocycles. The van der Waals surface area contributed by atoms with Crippen LogP contribution in [0.3, 0.4) is 0 Å². The molecule has 2 aromatic carbocycles. The Bertz CT molecular complexity index is 1980. The lowest BCUT2D eigenvalue weighted by atomic mass is 10.2. The second kappa shape index (κ2) is 16.7. The lowest BCUT2D eigenvalue weighted by Gasteiger charge is -2.36. The number of aromatic nitrogens is 2. The van der Waals surface area contributed by atoms with E-state index in [-0.39, 0.29) is 52.3 Å². The lowest BCUT2D eigenvalue weighted by molar-refractivity contribution is -0.130. The Morgan fingerprint density at radius 1 is 1.00 bits per heavy atom. The van der Waals surface area contributed by atoms with Crippen molar-refractivity contribution in [1.29, 1.82) is 0 Å². The van der Waals surface area contributed by atoms with Gasteiger partial charge in [-0.05, 0) is 36.2 Å². The number of nitrogens with one attached hydrogen (secondary N) is 3. The van der Waals surface area contributed by atoms with Gasteiger partial charge >= 0.3 is 0 Å². The molecule has 1 aliphatic heterocycles. The molecule has 2 aromatic heterocycles. The number of sulfonamides is 1. The van der Waals surface area contributed by atoms with Gasteiger partial charge < -0.3 is 19.9 Å². The average molecular weight is 743 g/mol. The molecule has 5 rings (SSSR count). The van der Waals surface area contributed by atoms with Crippen molar-refractivity contribution in [3.05, 3.63) is 84.2 Å². The number of benzene rings is 2. The normalized spacial score (nSPS) is 14.7. The highest BCUT2D eigenvalue weighted by molar-refractivity contribution is 7.99. The van der Waals surface area contributed by atoms with Crippen LogP contribution >= 0.6 is 11.8 Å². The number of sulfone groups is 1. The predicted octanol–water partition coefficient (Wildman–Crippen LogP) is 3.37. The van der Waals surface area contributed by atoms with Crippen molar-refractivity contribution in [2.75, 3.05) is 62.6 Å². The minimum absolute atomic E-state index is 0.0534. The summed E-state index contributed by atoms with van der Waals surface area (Å²) in [6.45, 7) is 5.64. The van der Waals surface area contributed by atoms with E-state index in [1.54, 1.807) is 43.0 Å². The summed E-state index contributed by atoms with van der Waals surface area (Å²) in [6.07, 6.45) is 2.78. The van der Waals surface area contributed by atoms with E-state index < -0.39 is 19.9 Å². The molecule has 1 atom stereocenters. The van der Waals surface area contributed by atoms with Gasteiger partial charge in [0, 0.05) is 81.1 Å². The first-order valence-corrected chi connectivity index (χ1v) is 20.8. The number of hydrogen-bond acceptors (Lipinski definition) is 10. The van der Waals surface area contributed by atoms with Crippen LogP contribution in [-0.4, -0.2) is 112 Å². The molecule has 3 N–H and O–H groups in total. The lowest BCUT2D eigenvalue weighted by Crippen LogP contribution is -2.50. The summed E-state index contributed by atoms with van der Waals surface area (Å²) in [5.41, 5.74) is 1.93. The Morgan fingerprint density at radius 3 is 2.42 bits per heavy atom. The van der Waals surface area contributed by atoms with Gasteiger partial charge in [-0.15, -0.1) is 0 Å². The van der Waals surface area contributed by atoms with Crippen LogP contribution in [0.4, 0.5) is 5.69 Å². The Kier molecular flexibility index (Phi) is 12.4. The number of carbonyl (C=O) groups is 2. The molecule has 0 bridgehead atoms. The number of rotatable bonds is 16. The van der Waals surface area contributed by atoms with Crippen molar-refractivity contribution in [3.8, 4) is 5.75 Å². The summed E-state index contributed by atoms with van der Waals surface area (Å²) in [6, 6.07) is 19.4. The molecule has 1 saturated heterocycles. The molecule has 0 saturated carbocycles. The average Bonchev–Trinajstić information content (AvgIpc) is 3.53. The molecule has 1 unspecified atom stereocenters. The Morgan fingerprint density at radius 2 is 1.74 bits per heavy atom. The molecule has 4 aromatic rings. The van der Waals surface area contributed by atoms with Crippen LogP contribution in [0.15, 0.2) is 78.0 Å². The third-order valence-corrected chi connectivity index (χ3v) is 11.7. The molecule has 16 heteroatoms. The van der Waals surface area contributed by atoms with Crippen molar-refractivity contribution < 1.29 is 31.2 Å². The smallest absolute Gasteiger partial charge is 0.279 e. The number of piperazine rings is 1. The first-order chi connectivity index (χ1) is 23.9. The monoisotopic (exact) mass is 742 g/mol. The SMILES string of the molecule is CC(=O)N1CCN(CC(CNC(=O)c2cc3cc(OCCCS(C)(=O)=O)cc(NS(=O)(=O)c4ccccn4)c3[nH]2)SCc2ccccc2)CC1. The molecule has 0 aliphatic carbocycles. The highest BCUT2D eigenvalue weighted by Crippen LogP contribution is 2.32. The number of fused-ring (bicyclic) bond motifs is 1. The van der Waals surface area contributed by atoms with Crippen molar-refractivity contribution in [2.45, 2.75) is 29.4 Å². The maximum atomic E-state index is 13.6. The Hall–Kier alpha value is -4.12. The summed E-state index contributed by atoms with van der Waals surface area (Å²) in [5, 5.41) is 3.45. The zero-order valence-corrected chi connectivity index (χ0v) is 30.5. The van der Waals surface area contributed by atoms with Crippen molar-refractivity contribution in [3.63, 3.8) is 0 Å². The maximum Gasteiger partial charge on any atom is 0.279 e. The highest BCUT2D eigenvalue weighted by Gasteiger charge is 2.24. The number of hydrogen-bond donors (Lipinski definition) is 3. The van der Waals surface area contributed by atoms with Crippen LogP contribution < -0.4 is 14.8 Å². The quantitative estimate of drug-likeness (QED) is 0.145. The number of amides is 2. The van der Waals surface area contributed by atoms with Gasteiger partial charge in [0.25, 0.3) is 15.9 Å². The van der Waals surface area contributed by atoms with Gasteiger partial charge in [-0.3, -0.25) is 19.2 Å². The molecule has 1 aliphatic rings. The largest absolute Gasteiger partial charge is 0.493 e. The molecule has 13 nitrogen and oxygen atoms in total. The van der Waals surface area contributed by atoms with Crippen LogP contribution in [-0.2, 0) is 30.4 Å². The van der Waals surface area contributed by atoms with Crippen molar-refractivity contribution in [2.24, 2.45) is 0 Å². The van der Waals surface area contributed by atoms with E-state index in [1.807, 2.05) is 23.1 Å². The van der Waals surface area contributed by atoms with Gasteiger partial charge in [-0.2, -0.15) is 20.2 Å². The van der Waals surface area contributed by atoms with Gasteiger partial charge in [0.2, 0.25) is 5.91 Å². The Labute approximate surface area is 297 Å². The number of H-pyrrole nitrogens is 1. The van der Waals surface area contributed by atoms with Crippen molar-refractivity contribution >= 4 is 60.0 Å². The Balaban J connectivity index is 1.33. The zero-order valence-electron chi connectivity index (χ0n) is 28.0. The van der Waals surface area contributed by atoms with Gasteiger partial charge in [-0.25, -0.2) is 13.4 Å². The minimum Gasteiger partial charge on any atom is -0.493 e. The molecule has 2 amide bonds. The van der Waals surface area contributed by atoms with E-state index in [9.17, 15) is 26.4 Å². The topological polar surface area (TPSA) is 171 Å². The summed E-state index contributed by atoms with van der Waals surface area (Å²) in [7, 11) is -7.27. The number of thioether (sulfide) groups is 1. The first kappa shape index (κ1) is 37.1. The second-order valence-corrected chi connectivity index (χ2v) is 17.3. The number of nitrogens with zero attached hydrogens (tertiary/aromatic N) is 3. The molecule has 0 radical (unpaired) electrons. The van der Waals surface area contributed by atoms with Crippen LogP contribution in [0, 0.1) is 0 Å². The van der Waals surface area contributed by atoms with E-state index in [0.717, 1.165) is 31.6 Å². The zero-order chi connectivity index (χ0) is 35.7. The summed E-state index contributed by atoms with van der Waals surface area (Å²) in [5.74, 6) is 0.735. The summed E-state index contributed by atoms with van der Waals surface area (Å²) >= 11 is 1.75. The fraction of sp³-hybridized carbons (Fsp3) is 0.382. The highest BCUT2D eigenvalue weighted by atomic mass is 32.2. The van der Waals surface area contributed by atoms with E-state index in [0.29, 0.717) is 36.3 Å². The van der Waals surface area contributed by atoms with Crippen molar-refractivity contribution in [1.82, 2.24) is 25.1 Å². The third kappa shape index (κ3) is 10.7. The van der Waals surface area contributed by atoms with Gasteiger partial charge in [0.05, 0.1) is 23.6 Å². The van der Waals surface area contributed by atoms with E-state index in [2.05, 4.69) is 37.0 Å². The van der Waals surface area contributed by atoms with E-state index >= 15 is 0 Å². The minimum atomic E-state index is -4.10. The molecular formula is C34H42N6O7S3. The second-order valence-electron chi connectivity index (χ2n) is 12.2. The standard InChI is InChI=1S/C34H42N6O7S3/c1-25(41)40-15-13-39(14-16-40)23-29(48-24-26-9-4-3-5-10-26)22-36-34(42)31-20-27-19-28(47-17-8-18-49(2,43)44)21-30(33(27)37-31)38-50(45,46)32-11-6-7-12-35-32/h3-7,9-12,19-21,29,37-38H,8,13-18,22-24H2,1-2H3,(H,36,42). The number of carbonyl (C=O) groups excluding carboxylic acids is 2. The summed E-state index contributed by atoms with van der Waals surface area (Å²) < 4.78 is 58.0. The van der Waals surface area contributed by atoms with E-state index in [4.69, 9.17) is 4.74 Å². The third-order valence-electron chi connectivity index (χ3n) is 8.13. The van der Waals surface area contributed by atoms with E-state index in [1.165, 1.54) is 23.9 Å². The van der Waals surface area contributed by atoms with Crippen LogP contribution in [0.25, 0.3) is 10.9 Å². The molecule has 268 valence electrons. The first-order valence-electron chi connectivity index (χ1n) is 16.2. The number of ether oxygens (including phenoxy) is 1. The fourth-order valence-electron chi connectivity index (χ4n) is 5.52. The fourth-order valence-corrected chi connectivity index (χ4v) is 8.31. The van der Waals surface area contributed by atoms with Crippen LogP contribution in [0.2, 0.25) is 0 Å². The maximum absolute atomic E-state index is 13.6. The predicted molar refractivity (Wildman–Crippen MR) is 196 cm³/mol. The molecule has 50 heavy (non-hydrogen) atoms. The van der Waals surface area contributed by atoms with Crippen LogP contribution in [0.1, 0.15) is 29.4 Å². The van der Waals surface area contributed by atoms with Gasteiger partial charge in [-0.1, -0.05) is 36.4 Å². The number of pyridine rings is 1. The molecule has 0 spiro atoms. The number of aromatic amines is 1. The summed E-state index contributed by atoms with van der Waals surface area (Å²) in [4.78, 5) is 36.6. The van der Waals surface area contributed by atoms with Gasteiger partial charge in [0.1, 0.15) is 21.3 Å². The van der Waals surface area contributed by atoms with Gasteiger partial charge in [0.15, 0.2) is 5.03 Å². The molecular weight excluding hydrogens is 701 g/mol. The van der Waals surface area contributed by atoms with Crippen LogP contribution in [0.5, 0.6) is 5.75 Å². The number of anilines is 1. The molecule has 1 fully saturated rings.